The van der Waals surface area contributed by atoms with Gasteiger partial charge in [0.1, 0.15) is 33.6 Å². The molecule has 85 heavy (non-hydrogen) atoms. The Hall–Kier alpha value is -3.18. The number of carbonyl (C=O) groups excluding carboxylic acids is 6. The summed E-state index contributed by atoms with van der Waals surface area (Å²) in [6.45, 7) is 55.4. The number of ether oxygens (including phenoxy) is 6. The van der Waals surface area contributed by atoms with Crippen molar-refractivity contribution in [2.45, 2.75) is 401 Å². The highest BCUT2D eigenvalue weighted by Gasteiger charge is 2.42. The van der Waals surface area contributed by atoms with Crippen molar-refractivity contribution in [1.82, 2.24) is 0 Å². The molecule has 4 rings (SSSR count). The lowest BCUT2D eigenvalue weighted by molar-refractivity contribution is -0.175. The maximum absolute atomic E-state index is 12.1. The van der Waals surface area contributed by atoms with Crippen LogP contribution in [0.4, 0.5) is 0 Å². The highest BCUT2D eigenvalue weighted by atomic mass is 16.6. The molecule has 4 saturated carbocycles. The molecule has 0 spiro atoms. The highest BCUT2D eigenvalue weighted by molar-refractivity contribution is 5.78. The van der Waals surface area contributed by atoms with Gasteiger partial charge in [0, 0.05) is 0 Å². The van der Waals surface area contributed by atoms with Crippen LogP contribution < -0.4 is 0 Å². The molecule has 0 N–H and O–H groups in total. The van der Waals surface area contributed by atoms with Gasteiger partial charge < -0.3 is 28.4 Å². The Labute approximate surface area is 524 Å². The van der Waals surface area contributed by atoms with Gasteiger partial charge in [-0.3, -0.25) is 28.8 Å². The molecule has 0 atom stereocenters. The number of hydrogen-bond donors (Lipinski definition) is 0. The first-order chi connectivity index (χ1) is 38.6. The molecule has 0 unspecified atom stereocenters. The molecule has 0 heterocycles. The Morgan fingerprint density at radius 3 is 0.729 bits per heavy atom. The normalized spacial score (nSPS) is 18.4. The fourth-order valence-electron chi connectivity index (χ4n) is 9.03. The van der Waals surface area contributed by atoms with Crippen LogP contribution in [0.3, 0.4) is 0 Å². The molecule has 0 saturated heterocycles. The molecular weight excluding hydrogens is 1070 g/mol. The summed E-state index contributed by atoms with van der Waals surface area (Å²) in [6.07, 6.45) is 28.2. The monoisotopic (exact) mass is 1210 g/mol. The summed E-state index contributed by atoms with van der Waals surface area (Å²) in [5.41, 5.74) is -3.39. The van der Waals surface area contributed by atoms with E-state index in [4.69, 9.17) is 28.4 Å². The van der Waals surface area contributed by atoms with Crippen LogP contribution in [0.25, 0.3) is 0 Å². The third-order valence-corrected chi connectivity index (χ3v) is 19.7. The van der Waals surface area contributed by atoms with E-state index in [-0.39, 0.29) is 102 Å². The molecule has 0 bridgehead atoms. The van der Waals surface area contributed by atoms with Crippen LogP contribution >= 0.6 is 0 Å². The zero-order chi connectivity index (χ0) is 66.8. The third kappa shape index (κ3) is 30.7. The Bertz CT molecular complexity index is 1970. The number of carbonyl (C=O) groups is 6. The summed E-state index contributed by atoms with van der Waals surface area (Å²) in [5, 5.41) is 0. The smallest absolute Gasteiger partial charge is 0.312 e. The van der Waals surface area contributed by atoms with Crippen molar-refractivity contribution in [3.05, 3.63) is 0 Å². The predicted octanol–water partition coefficient (Wildman–Crippen LogP) is 20.7. The lowest BCUT2D eigenvalue weighted by Gasteiger charge is -2.38. The van der Waals surface area contributed by atoms with Gasteiger partial charge in [-0.15, -0.1) is 0 Å². The first-order valence-electron chi connectivity index (χ1n) is 34.0. The third-order valence-electron chi connectivity index (χ3n) is 19.7. The first-order valence-corrected chi connectivity index (χ1v) is 34.0. The molecule has 12 nitrogen and oxygen atoms in total. The van der Waals surface area contributed by atoms with Gasteiger partial charge in [0.05, 0.1) is 32.5 Å². The molecule has 0 aromatic heterocycles. The molecule has 12 heteroatoms. The summed E-state index contributed by atoms with van der Waals surface area (Å²) in [7, 11) is 0. The topological polar surface area (TPSA) is 158 Å². The van der Waals surface area contributed by atoms with E-state index in [1.165, 1.54) is 64.2 Å². The van der Waals surface area contributed by atoms with Crippen LogP contribution in [-0.2, 0) is 57.2 Å². The standard InChI is InChI=1S/C14H26O2.2C13H24O2.C12H22O2.C11H22O2.C10H20O2/c1-5-13(3,4)12(15)16-14(6-2)10-8-7-9-11-14;1-5-12(2,3)11(14)15-13(4)9-7-6-8-10-13;1-5-12(3,4)11(14)15-13(6-2)9-7-8-10-13;1-5-11(2,3)10(13)14-12(4)8-6-7-9-12;1-7-10(3,4)9(12)13-11(5,6)8-2;1-7-10(5,6)8(11)12-9(2,3)4/h5-11H2,1-4H3;2*5-10H2,1-4H3;5-9H2,1-4H3;7-8H2,1-6H3;7H2,1-6H3. The van der Waals surface area contributed by atoms with Crippen molar-refractivity contribution < 1.29 is 57.2 Å². The molecule has 4 aliphatic rings. The second kappa shape index (κ2) is 35.9. The van der Waals surface area contributed by atoms with Crippen LogP contribution in [0, 0.1) is 32.5 Å². The Morgan fingerprint density at radius 2 is 0.494 bits per heavy atom. The average Bonchev–Trinajstić information content (AvgIpc) is 4.34. The molecule has 0 radical (unpaired) electrons. The Balaban J connectivity index is 0. The molecule has 0 aliphatic heterocycles. The summed E-state index contributed by atoms with van der Waals surface area (Å²) in [4.78, 5) is 71.0. The van der Waals surface area contributed by atoms with E-state index >= 15 is 0 Å². The van der Waals surface area contributed by atoms with E-state index < -0.39 is 0 Å². The van der Waals surface area contributed by atoms with Gasteiger partial charge in [-0.1, -0.05) is 75.2 Å². The number of esters is 6. The zero-order valence-corrected chi connectivity index (χ0v) is 61.0. The second-order valence-corrected chi connectivity index (χ2v) is 31.5. The number of rotatable bonds is 20. The van der Waals surface area contributed by atoms with Gasteiger partial charge in [-0.05, 0) is 292 Å². The molecular formula is C73H138O12. The maximum atomic E-state index is 12.1. The summed E-state index contributed by atoms with van der Waals surface area (Å²) in [6, 6.07) is 0. The van der Waals surface area contributed by atoms with Crippen LogP contribution in [0.15, 0.2) is 0 Å². The van der Waals surface area contributed by atoms with E-state index in [0.29, 0.717) is 0 Å². The Morgan fingerprint density at radius 1 is 0.282 bits per heavy atom. The molecule has 4 fully saturated rings. The van der Waals surface area contributed by atoms with Crippen molar-refractivity contribution in [2.75, 3.05) is 0 Å². The van der Waals surface area contributed by atoms with Crippen molar-refractivity contribution >= 4 is 35.8 Å². The highest BCUT2D eigenvalue weighted by Crippen LogP contribution is 2.41. The molecule has 0 amide bonds. The van der Waals surface area contributed by atoms with Crippen LogP contribution in [0.2, 0.25) is 0 Å². The van der Waals surface area contributed by atoms with Crippen LogP contribution in [0.5, 0.6) is 0 Å². The van der Waals surface area contributed by atoms with Crippen molar-refractivity contribution in [3.63, 3.8) is 0 Å². The summed E-state index contributed by atoms with van der Waals surface area (Å²) >= 11 is 0. The molecule has 4 aliphatic carbocycles. The van der Waals surface area contributed by atoms with Gasteiger partial charge in [0.15, 0.2) is 0 Å². The van der Waals surface area contributed by atoms with E-state index in [2.05, 4.69) is 27.7 Å². The number of hydrogen-bond acceptors (Lipinski definition) is 12. The van der Waals surface area contributed by atoms with Crippen molar-refractivity contribution in [3.8, 4) is 0 Å². The second-order valence-electron chi connectivity index (χ2n) is 31.5. The SMILES string of the molecule is CCC(C)(C)C(=O)OC(C)(C)C.CCC(C)(C)C(=O)OC1(C)CCCC1.CCC(C)(C)C(=O)OC1(C)CCCCC1.CCC(C)(C)OC(=O)C(C)(C)CC.CCC1(OC(=O)C(C)(C)CC)CCCC1.CCC1(OC(=O)C(C)(C)CC)CCCCC1. The average molecular weight is 1210 g/mol. The minimum absolute atomic E-state index is 0.0150. The minimum atomic E-state index is -0.372. The van der Waals surface area contributed by atoms with Crippen LogP contribution in [-0.4, -0.2) is 69.4 Å². The molecule has 0 aromatic rings. The van der Waals surface area contributed by atoms with Gasteiger partial charge in [-0.25, -0.2) is 0 Å². The fraction of sp³-hybridized carbons (Fsp3) is 0.918. The Kier molecular flexibility index (Phi) is 35.4. The lowest BCUT2D eigenvalue weighted by atomic mass is 9.82. The van der Waals surface area contributed by atoms with Crippen LogP contribution in [0.1, 0.15) is 367 Å². The van der Waals surface area contributed by atoms with E-state index in [0.717, 1.165) is 109 Å². The first kappa shape index (κ1) is 83.9. The lowest BCUT2D eigenvalue weighted by Crippen LogP contribution is -2.40. The van der Waals surface area contributed by atoms with Crippen molar-refractivity contribution in [2.24, 2.45) is 32.5 Å². The molecule has 502 valence electrons. The summed E-state index contributed by atoms with van der Waals surface area (Å²) in [5.74, 6) is -0.314. The van der Waals surface area contributed by atoms with Crippen molar-refractivity contribution in [1.29, 1.82) is 0 Å². The van der Waals surface area contributed by atoms with E-state index in [1.807, 2.05) is 166 Å². The predicted molar refractivity (Wildman–Crippen MR) is 351 cm³/mol. The zero-order valence-electron chi connectivity index (χ0n) is 61.0. The van der Waals surface area contributed by atoms with E-state index in [9.17, 15) is 28.8 Å². The molecule has 0 aromatic carbocycles. The quantitative estimate of drug-likeness (QED) is 0.0840. The summed E-state index contributed by atoms with van der Waals surface area (Å²) < 4.78 is 33.6. The minimum Gasteiger partial charge on any atom is -0.460 e. The maximum Gasteiger partial charge on any atom is 0.312 e. The largest absolute Gasteiger partial charge is 0.460 e. The van der Waals surface area contributed by atoms with Gasteiger partial charge in [-0.2, -0.15) is 0 Å². The van der Waals surface area contributed by atoms with Gasteiger partial charge in [0.2, 0.25) is 0 Å². The fourth-order valence-corrected chi connectivity index (χ4v) is 9.03. The van der Waals surface area contributed by atoms with E-state index in [1.54, 1.807) is 0 Å². The van der Waals surface area contributed by atoms with Gasteiger partial charge in [0.25, 0.3) is 0 Å². The van der Waals surface area contributed by atoms with Gasteiger partial charge >= 0.3 is 35.8 Å².